The fourth-order valence-electron chi connectivity index (χ4n) is 3.41. The Balaban J connectivity index is 1.72. The molecule has 3 amide bonds. The van der Waals surface area contributed by atoms with Gasteiger partial charge in [0.25, 0.3) is 5.91 Å². The molecule has 0 spiro atoms. The number of carbonyl (C=O) groups is 2. The fourth-order valence-corrected chi connectivity index (χ4v) is 3.41. The third-order valence-electron chi connectivity index (χ3n) is 4.84. The van der Waals surface area contributed by atoms with Crippen molar-refractivity contribution in [1.29, 1.82) is 0 Å². The van der Waals surface area contributed by atoms with Crippen LogP contribution in [0.2, 0.25) is 0 Å². The summed E-state index contributed by atoms with van der Waals surface area (Å²) in [5, 5.41) is 9.59. The molecule has 4 rings (SSSR count). The molecule has 0 bridgehead atoms. The van der Waals surface area contributed by atoms with E-state index >= 15 is 0 Å². The maximum absolute atomic E-state index is 12.0. The van der Waals surface area contributed by atoms with Crippen molar-refractivity contribution < 1.29 is 19.1 Å². The number of urea groups is 1. The van der Waals surface area contributed by atoms with Gasteiger partial charge < -0.3 is 14.8 Å². The molecule has 2 aliphatic heterocycles. The van der Waals surface area contributed by atoms with Gasteiger partial charge in [-0.1, -0.05) is 12.1 Å². The van der Waals surface area contributed by atoms with Crippen molar-refractivity contribution in [3.8, 4) is 11.4 Å². The Labute approximate surface area is 156 Å². The molecule has 2 aromatic rings. The maximum atomic E-state index is 12.0. The summed E-state index contributed by atoms with van der Waals surface area (Å²) in [6.07, 6.45) is 1.96. The zero-order chi connectivity index (χ0) is 18.8. The van der Waals surface area contributed by atoms with Gasteiger partial charge in [-0.2, -0.15) is 5.10 Å². The van der Waals surface area contributed by atoms with Crippen LogP contribution in [0.1, 0.15) is 30.4 Å². The summed E-state index contributed by atoms with van der Waals surface area (Å²) in [6.45, 7) is 1.37. The number of nitrogens with zero attached hydrogens (tertiary/aromatic N) is 3. The number of methoxy groups -OCH3 is 1. The second-order valence-electron chi connectivity index (χ2n) is 6.58. The highest BCUT2D eigenvalue weighted by Gasteiger charge is 2.32. The van der Waals surface area contributed by atoms with Crippen molar-refractivity contribution in [2.75, 3.05) is 20.3 Å². The minimum Gasteiger partial charge on any atom is -0.494 e. The van der Waals surface area contributed by atoms with Crippen LogP contribution >= 0.6 is 0 Å². The van der Waals surface area contributed by atoms with Crippen LogP contribution in [0.15, 0.2) is 24.3 Å². The zero-order valence-electron chi connectivity index (χ0n) is 15.0. The van der Waals surface area contributed by atoms with Gasteiger partial charge in [0.1, 0.15) is 23.3 Å². The first-order valence-electron chi connectivity index (χ1n) is 8.94. The molecular formula is C18H21N5O4. The molecule has 0 saturated carbocycles. The molecule has 2 fully saturated rings. The summed E-state index contributed by atoms with van der Waals surface area (Å²) in [7, 11) is 1.60. The molecule has 2 aliphatic rings. The number of benzene rings is 1. The molecule has 142 valence electrons. The van der Waals surface area contributed by atoms with Crippen molar-refractivity contribution >= 4 is 11.9 Å². The van der Waals surface area contributed by atoms with Crippen LogP contribution < -0.4 is 15.4 Å². The Morgan fingerprint density at radius 3 is 2.74 bits per heavy atom. The number of hydrogen-bond acceptors (Lipinski definition) is 6. The first-order chi connectivity index (χ1) is 13.2. The van der Waals surface area contributed by atoms with Crippen molar-refractivity contribution in [2.45, 2.75) is 31.2 Å². The quantitative estimate of drug-likeness (QED) is 0.757. The monoisotopic (exact) mass is 371 g/mol. The lowest BCUT2D eigenvalue weighted by atomic mass is 10.00. The number of hydrogen-bond donors (Lipinski definition) is 2. The van der Waals surface area contributed by atoms with Gasteiger partial charge in [-0.15, -0.1) is 0 Å². The summed E-state index contributed by atoms with van der Waals surface area (Å²) in [6, 6.07) is 6.34. The van der Waals surface area contributed by atoms with Crippen LogP contribution in [0.4, 0.5) is 4.79 Å². The number of para-hydroxylation sites is 2. The molecular weight excluding hydrogens is 350 g/mol. The molecule has 9 heteroatoms. The van der Waals surface area contributed by atoms with Crippen LogP contribution in [0.5, 0.6) is 5.75 Å². The average Bonchev–Trinajstić information content (AvgIpc) is 3.25. The molecule has 1 aromatic carbocycles. The molecule has 27 heavy (non-hydrogen) atoms. The van der Waals surface area contributed by atoms with Crippen LogP contribution in [0, 0.1) is 0 Å². The summed E-state index contributed by atoms with van der Waals surface area (Å²) < 4.78 is 12.6. The van der Waals surface area contributed by atoms with E-state index in [2.05, 4.69) is 10.6 Å². The highest BCUT2D eigenvalue weighted by molar-refractivity contribution is 6.04. The van der Waals surface area contributed by atoms with Gasteiger partial charge in [0, 0.05) is 25.6 Å². The first kappa shape index (κ1) is 17.5. The molecule has 0 aliphatic carbocycles. The molecule has 2 saturated heterocycles. The summed E-state index contributed by atoms with van der Waals surface area (Å²) in [5.74, 6) is 1.83. The minimum atomic E-state index is -0.669. The largest absolute Gasteiger partial charge is 0.494 e. The van der Waals surface area contributed by atoms with Crippen LogP contribution in [0.25, 0.3) is 5.69 Å². The number of imide groups is 1. The second kappa shape index (κ2) is 7.36. The predicted molar refractivity (Wildman–Crippen MR) is 94.9 cm³/mol. The lowest BCUT2D eigenvalue weighted by Crippen LogP contribution is -2.32. The van der Waals surface area contributed by atoms with Crippen LogP contribution in [-0.4, -0.2) is 53.1 Å². The summed E-state index contributed by atoms with van der Waals surface area (Å²) >= 11 is 0. The highest BCUT2D eigenvalue weighted by Crippen LogP contribution is 2.28. The smallest absolute Gasteiger partial charge is 0.322 e. The number of nitrogens with one attached hydrogen (secondary N) is 2. The number of aromatic nitrogens is 3. The van der Waals surface area contributed by atoms with Crippen molar-refractivity contribution in [3.05, 3.63) is 35.9 Å². The van der Waals surface area contributed by atoms with Crippen molar-refractivity contribution in [1.82, 2.24) is 25.4 Å². The molecule has 2 N–H and O–H groups in total. The standard InChI is InChI=1S/C18H21N5O4/c1-26-14-5-3-2-4-13(14)23-15(10-12-17(24)21-18(25)19-12)20-16(22-23)11-6-8-27-9-7-11/h2-5,11-12H,6-10H2,1H3,(H2,19,21,24,25)/t12-/m0/s1. The SMILES string of the molecule is COc1ccccc1-n1nc(C2CCOCC2)nc1C[C@@H]1NC(=O)NC1=O. The van der Waals surface area contributed by atoms with E-state index in [9.17, 15) is 9.59 Å². The molecule has 3 heterocycles. The summed E-state index contributed by atoms with van der Waals surface area (Å²) in [5.41, 5.74) is 0.741. The molecule has 1 aromatic heterocycles. The zero-order valence-corrected chi connectivity index (χ0v) is 15.0. The Hall–Kier alpha value is -2.94. The summed E-state index contributed by atoms with van der Waals surface area (Å²) in [4.78, 5) is 28.1. The average molecular weight is 371 g/mol. The Bertz CT molecular complexity index is 859. The third-order valence-corrected chi connectivity index (χ3v) is 4.84. The van der Waals surface area contributed by atoms with E-state index in [0.29, 0.717) is 24.8 Å². The Kier molecular flexibility index (Phi) is 4.76. The van der Waals surface area contributed by atoms with Gasteiger partial charge in [-0.3, -0.25) is 10.1 Å². The van der Waals surface area contributed by atoms with Gasteiger partial charge in [0.05, 0.1) is 7.11 Å². The van der Waals surface area contributed by atoms with E-state index in [1.54, 1.807) is 11.8 Å². The van der Waals surface area contributed by atoms with Gasteiger partial charge in [-0.05, 0) is 25.0 Å². The van der Waals surface area contributed by atoms with E-state index in [1.165, 1.54) is 0 Å². The minimum absolute atomic E-state index is 0.209. The van der Waals surface area contributed by atoms with Gasteiger partial charge in [-0.25, -0.2) is 14.5 Å². The van der Waals surface area contributed by atoms with E-state index in [1.807, 2.05) is 24.3 Å². The topological polar surface area (TPSA) is 107 Å². The number of rotatable bonds is 5. The highest BCUT2D eigenvalue weighted by atomic mass is 16.5. The Morgan fingerprint density at radius 1 is 1.26 bits per heavy atom. The van der Waals surface area contributed by atoms with Gasteiger partial charge in [0.2, 0.25) is 0 Å². The normalized spacial score (nSPS) is 20.4. The molecule has 0 unspecified atom stereocenters. The lowest BCUT2D eigenvalue weighted by Gasteiger charge is -2.18. The number of amides is 3. The first-order valence-corrected chi connectivity index (χ1v) is 8.94. The molecule has 1 atom stereocenters. The van der Waals surface area contributed by atoms with Gasteiger partial charge >= 0.3 is 6.03 Å². The van der Waals surface area contributed by atoms with Crippen molar-refractivity contribution in [2.24, 2.45) is 0 Å². The molecule has 9 nitrogen and oxygen atoms in total. The third kappa shape index (κ3) is 3.50. The molecule has 0 radical (unpaired) electrons. The van der Waals surface area contributed by atoms with E-state index in [-0.39, 0.29) is 18.2 Å². The van der Waals surface area contributed by atoms with Gasteiger partial charge in [0.15, 0.2) is 5.82 Å². The van der Waals surface area contributed by atoms with Crippen LogP contribution in [0.3, 0.4) is 0 Å². The second-order valence-corrected chi connectivity index (χ2v) is 6.58. The lowest BCUT2D eigenvalue weighted by molar-refractivity contribution is -0.120. The maximum Gasteiger partial charge on any atom is 0.322 e. The number of carbonyl (C=O) groups excluding carboxylic acids is 2. The number of ether oxygens (including phenoxy) is 2. The predicted octanol–water partition coefficient (Wildman–Crippen LogP) is 0.920. The Morgan fingerprint density at radius 2 is 2.04 bits per heavy atom. The van der Waals surface area contributed by atoms with Crippen molar-refractivity contribution in [3.63, 3.8) is 0 Å². The van der Waals surface area contributed by atoms with E-state index in [4.69, 9.17) is 19.6 Å². The van der Waals surface area contributed by atoms with Crippen LogP contribution in [-0.2, 0) is 16.0 Å². The fraction of sp³-hybridized carbons (Fsp3) is 0.444. The van der Waals surface area contributed by atoms with E-state index < -0.39 is 12.1 Å². The van der Waals surface area contributed by atoms with E-state index in [0.717, 1.165) is 24.4 Å².